The molecule has 27 heavy (non-hydrogen) atoms. The third-order valence-electron chi connectivity index (χ3n) is 5.09. The van der Waals surface area contributed by atoms with Crippen molar-refractivity contribution in [2.24, 2.45) is 0 Å². The van der Waals surface area contributed by atoms with Crippen molar-refractivity contribution in [2.75, 3.05) is 13.2 Å². The monoisotopic (exact) mass is 427 g/mol. The molecule has 2 aromatic rings. The number of amides is 1. The number of fused-ring (bicyclic) bond motifs is 2. The van der Waals surface area contributed by atoms with Crippen molar-refractivity contribution < 1.29 is 14.3 Å². The number of benzene rings is 2. The van der Waals surface area contributed by atoms with Crippen molar-refractivity contribution in [3.63, 3.8) is 0 Å². The predicted octanol–water partition coefficient (Wildman–Crippen LogP) is 4.77. The van der Waals surface area contributed by atoms with E-state index in [4.69, 9.17) is 9.47 Å². The van der Waals surface area contributed by atoms with E-state index >= 15 is 0 Å². The number of hydrogen-bond acceptors (Lipinski definition) is 3. The molecule has 0 spiro atoms. The van der Waals surface area contributed by atoms with Crippen LogP contribution < -0.4 is 0 Å². The second kappa shape index (κ2) is 8.28. The minimum atomic E-state index is -0.262. The molecule has 2 aromatic carbocycles. The van der Waals surface area contributed by atoms with E-state index in [0.717, 1.165) is 17.3 Å². The lowest BCUT2D eigenvalue weighted by molar-refractivity contribution is -0.0342. The number of halogens is 1. The maximum atomic E-state index is 12.7. The van der Waals surface area contributed by atoms with Crippen LogP contribution in [0.15, 0.2) is 60.7 Å². The van der Waals surface area contributed by atoms with Crippen LogP contribution in [-0.2, 0) is 21.4 Å². The van der Waals surface area contributed by atoms with E-state index in [2.05, 4.69) is 46.3 Å². The Labute approximate surface area is 167 Å². The average Bonchev–Trinajstić information content (AvgIpc) is 2.72. The van der Waals surface area contributed by atoms with Gasteiger partial charge >= 0.3 is 6.09 Å². The van der Waals surface area contributed by atoms with Gasteiger partial charge in [-0.05, 0) is 28.7 Å². The fourth-order valence-electron chi connectivity index (χ4n) is 3.70. The maximum Gasteiger partial charge on any atom is 0.411 e. The molecule has 0 aliphatic carbocycles. The van der Waals surface area contributed by atoms with E-state index < -0.39 is 0 Å². The highest BCUT2D eigenvalue weighted by Crippen LogP contribution is 2.33. The molecule has 4 nitrogen and oxygen atoms in total. The van der Waals surface area contributed by atoms with E-state index in [0.29, 0.717) is 19.8 Å². The van der Waals surface area contributed by atoms with E-state index in [-0.39, 0.29) is 18.2 Å². The van der Waals surface area contributed by atoms with Gasteiger partial charge in [-0.15, -0.1) is 0 Å². The largest absolute Gasteiger partial charge is 0.445 e. The first-order valence-electron chi connectivity index (χ1n) is 9.17. The van der Waals surface area contributed by atoms with Gasteiger partial charge in [0.1, 0.15) is 6.61 Å². The summed E-state index contributed by atoms with van der Waals surface area (Å²) in [4.78, 5) is 14.6. The first-order chi connectivity index (χ1) is 13.2. The first-order valence-corrected chi connectivity index (χ1v) is 10.3. The van der Waals surface area contributed by atoms with Crippen LogP contribution in [0, 0.1) is 0 Å². The molecule has 2 aliphatic rings. The molecule has 5 heteroatoms. The highest BCUT2D eigenvalue weighted by atomic mass is 79.9. The normalized spacial score (nSPS) is 21.5. The third kappa shape index (κ3) is 4.09. The smallest absolute Gasteiger partial charge is 0.411 e. The van der Waals surface area contributed by atoms with Gasteiger partial charge in [0.05, 0.1) is 25.3 Å². The number of hydrogen-bond donors (Lipinski definition) is 0. The van der Waals surface area contributed by atoms with Crippen molar-refractivity contribution in [2.45, 2.75) is 30.4 Å². The predicted molar refractivity (Wildman–Crippen MR) is 109 cm³/mol. The topological polar surface area (TPSA) is 38.8 Å². The molecule has 1 saturated heterocycles. The Kier molecular flexibility index (Phi) is 5.60. The lowest BCUT2D eigenvalue weighted by Crippen LogP contribution is -2.56. The van der Waals surface area contributed by atoms with Crippen LogP contribution in [0.5, 0.6) is 0 Å². The van der Waals surface area contributed by atoms with Crippen LogP contribution in [0.4, 0.5) is 4.79 Å². The van der Waals surface area contributed by atoms with Crippen molar-refractivity contribution in [3.05, 3.63) is 77.4 Å². The summed E-state index contributed by atoms with van der Waals surface area (Å²) in [6, 6.07) is 18.3. The molecule has 2 atom stereocenters. The molecule has 0 aromatic heterocycles. The molecule has 2 heterocycles. The fourth-order valence-corrected chi connectivity index (χ4v) is 4.07. The average molecular weight is 428 g/mol. The summed E-state index contributed by atoms with van der Waals surface area (Å²) in [6.45, 7) is 1.36. The van der Waals surface area contributed by atoms with Gasteiger partial charge in [0, 0.05) is 5.33 Å². The molecule has 2 aliphatic heterocycles. The number of ether oxygens (including phenoxy) is 2. The molecule has 0 radical (unpaired) electrons. The Morgan fingerprint density at radius 2 is 1.85 bits per heavy atom. The van der Waals surface area contributed by atoms with E-state index in [1.165, 1.54) is 16.7 Å². The van der Waals surface area contributed by atoms with E-state index in [1.807, 2.05) is 35.2 Å². The second-order valence-corrected chi connectivity index (χ2v) is 7.49. The number of nitrogens with zero attached hydrogens (tertiary/aromatic N) is 1. The highest BCUT2D eigenvalue weighted by Gasteiger charge is 2.39. The molecular weight excluding hydrogens is 406 g/mol. The van der Waals surface area contributed by atoms with Gasteiger partial charge in [0.15, 0.2) is 0 Å². The zero-order valence-electron chi connectivity index (χ0n) is 15.0. The quantitative estimate of drug-likeness (QED) is 0.659. The number of alkyl halides is 1. The van der Waals surface area contributed by atoms with Gasteiger partial charge in [-0.3, -0.25) is 4.90 Å². The van der Waals surface area contributed by atoms with Gasteiger partial charge in [-0.2, -0.15) is 0 Å². The first kappa shape index (κ1) is 18.3. The molecular formula is C22H22BrNO3. The second-order valence-electron chi connectivity index (χ2n) is 6.93. The van der Waals surface area contributed by atoms with Gasteiger partial charge < -0.3 is 9.47 Å². The zero-order chi connectivity index (χ0) is 18.6. The summed E-state index contributed by atoms with van der Waals surface area (Å²) in [5.41, 5.74) is 4.74. The van der Waals surface area contributed by atoms with Crippen LogP contribution in [0.2, 0.25) is 0 Å². The van der Waals surface area contributed by atoms with Crippen molar-refractivity contribution in [3.8, 4) is 0 Å². The maximum absolute atomic E-state index is 12.7. The Balaban J connectivity index is 1.48. The standard InChI is InChI=1S/C22H22BrNO3/c23-12-16-6-8-18(9-7-16)19-10-20-14-26-15-21(11-19)24(20)22(25)27-13-17-4-2-1-3-5-17/h1-10,20-21H,11-15H2. The summed E-state index contributed by atoms with van der Waals surface area (Å²) in [7, 11) is 0. The molecule has 140 valence electrons. The van der Waals surface area contributed by atoms with Crippen LogP contribution in [0.1, 0.15) is 23.1 Å². The molecule has 2 unspecified atom stereocenters. The van der Waals surface area contributed by atoms with Gasteiger partial charge in [0.2, 0.25) is 0 Å². The summed E-state index contributed by atoms with van der Waals surface area (Å²) in [6.07, 6.45) is 2.68. The Bertz CT molecular complexity index is 819. The summed E-state index contributed by atoms with van der Waals surface area (Å²) >= 11 is 3.48. The Morgan fingerprint density at radius 3 is 2.56 bits per heavy atom. The van der Waals surface area contributed by atoms with Crippen LogP contribution in [0.25, 0.3) is 5.57 Å². The number of rotatable bonds is 4. The highest BCUT2D eigenvalue weighted by molar-refractivity contribution is 9.08. The van der Waals surface area contributed by atoms with Crippen molar-refractivity contribution in [1.82, 2.24) is 4.90 Å². The molecule has 0 N–H and O–H groups in total. The van der Waals surface area contributed by atoms with Crippen molar-refractivity contribution >= 4 is 27.6 Å². The Hall–Kier alpha value is -2.11. The van der Waals surface area contributed by atoms with Crippen molar-refractivity contribution in [1.29, 1.82) is 0 Å². The minimum absolute atomic E-state index is 0.0166. The lowest BCUT2D eigenvalue weighted by Gasteiger charge is -2.43. The molecule has 0 saturated carbocycles. The number of morpholine rings is 1. The summed E-state index contributed by atoms with van der Waals surface area (Å²) in [5, 5.41) is 0.854. The zero-order valence-corrected chi connectivity index (χ0v) is 16.6. The molecule has 4 rings (SSSR count). The summed E-state index contributed by atoms with van der Waals surface area (Å²) < 4.78 is 11.3. The molecule has 2 bridgehead atoms. The van der Waals surface area contributed by atoms with E-state index in [9.17, 15) is 4.79 Å². The van der Waals surface area contributed by atoms with Gasteiger partial charge in [0.25, 0.3) is 0 Å². The van der Waals surface area contributed by atoms with Gasteiger partial charge in [-0.25, -0.2) is 4.79 Å². The number of carbonyl (C=O) groups excluding carboxylic acids is 1. The van der Waals surface area contributed by atoms with Crippen LogP contribution >= 0.6 is 15.9 Å². The minimum Gasteiger partial charge on any atom is -0.445 e. The van der Waals surface area contributed by atoms with E-state index in [1.54, 1.807) is 0 Å². The van der Waals surface area contributed by atoms with Gasteiger partial charge in [-0.1, -0.05) is 76.6 Å². The number of carbonyl (C=O) groups is 1. The fraction of sp³-hybridized carbons (Fsp3) is 0.318. The molecule has 1 amide bonds. The SMILES string of the molecule is O=C(OCc1ccccc1)N1C2C=C(c3ccc(CBr)cc3)CC1COC2. The lowest BCUT2D eigenvalue weighted by atomic mass is 9.90. The summed E-state index contributed by atoms with van der Waals surface area (Å²) in [5.74, 6) is 0. The van der Waals surface area contributed by atoms with Crippen LogP contribution in [0.3, 0.4) is 0 Å². The Morgan fingerprint density at radius 1 is 1.07 bits per heavy atom. The third-order valence-corrected chi connectivity index (χ3v) is 5.74. The van der Waals surface area contributed by atoms with Crippen LogP contribution in [-0.4, -0.2) is 36.3 Å². The molecule has 1 fully saturated rings.